The van der Waals surface area contributed by atoms with E-state index in [1.54, 1.807) is 0 Å². The monoisotopic (exact) mass is 242 g/mol. The topological polar surface area (TPSA) is 42.7 Å². The van der Waals surface area contributed by atoms with Gasteiger partial charge in [0, 0.05) is 11.7 Å². The average molecular weight is 242 g/mol. The fourth-order valence-corrected chi connectivity index (χ4v) is 2.53. The van der Waals surface area contributed by atoms with Crippen molar-refractivity contribution in [1.29, 1.82) is 0 Å². The van der Waals surface area contributed by atoms with Crippen LogP contribution in [0.4, 0.5) is 5.69 Å². The summed E-state index contributed by atoms with van der Waals surface area (Å²) in [4.78, 5) is 4.35. The van der Waals surface area contributed by atoms with Gasteiger partial charge in [-0.05, 0) is 57.4 Å². The second-order valence-electron chi connectivity index (χ2n) is 5.04. The van der Waals surface area contributed by atoms with E-state index in [0.717, 1.165) is 23.8 Å². The standard InChI is InChI=1S/C14H18N4/c1-9-4-5-12-8-13(6-7-14(12)15-9)18-11(3)16-10(2)17-18/h6-9,15H,4-5H2,1-3H3. The van der Waals surface area contributed by atoms with E-state index in [1.165, 1.54) is 17.7 Å². The van der Waals surface area contributed by atoms with Crippen LogP contribution in [0.15, 0.2) is 18.2 Å². The Morgan fingerprint density at radius 3 is 2.89 bits per heavy atom. The van der Waals surface area contributed by atoms with E-state index in [0.29, 0.717) is 6.04 Å². The minimum Gasteiger partial charge on any atom is -0.382 e. The number of anilines is 1. The summed E-state index contributed by atoms with van der Waals surface area (Å²) in [7, 11) is 0. The molecule has 1 aromatic heterocycles. The zero-order valence-corrected chi connectivity index (χ0v) is 11.1. The molecule has 0 radical (unpaired) electrons. The van der Waals surface area contributed by atoms with Crippen molar-refractivity contribution in [3.63, 3.8) is 0 Å². The maximum absolute atomic E-state index is 4.43. The largest absolute Gasteiger partial charge is 0.382 e. The normalized spacial score (nSPS) is 18.3. The van der Waals surface area contributed by atoms with E-state index in [2.05, 4.69) is 40.5 Å². The molecule has 94 valence electrons. The Morgan fingerprint density at radius 1 is 1.33 bits per heavy atom. The third-order valence-electron chi connectivity index (χ3n) is 3.46. The van der Waals surface area contributed by atoms with Gasteiger partial charge in [-0.25, -0.2) is 9.67 Å². The van der Waals surface area contributed by atoms with Crippen LogP contribution in [0.5, 0.6) is 0 Å². The fourth-order valence-electron chi connectivity index (χ4n) is 2.53. The third kappa shape index (κ3) is 1.88. The van der Waals surface area contributed by atoms with Crippen LogP contribution in [0.3, 0.4) is 0 Å². The first-order valence-electron chi connectivity index (χ1n) is 6.43. The number of hydrogen-bond donors (Lipinski definition) is 1. The summed E-state index contributed by atoms with van der Waals surface area (Å²) >= 11 is 0. The summed E-state index contributed by atoms with van der Waals surface area (Å²) in [5, 5.41) is 7.94. The number of aromatic nitrogens is 3. The summed E-state index contributed by atoms with van der Waals surface area (Å²) in [6, 6.07) is 7.04. The highest BCUT2D eigenvalue weighted by molar-refractivity contribution is 5.58. The van der Waals surface area contributed by atoms with Crippen LogP contribution >= 0.6 is 0 Å². The molecular formula is C14H18N4. The molecule has 1 N–H and O–H groups in total. The number of benzene rings is 1. The van der Waals surface area contributed by atoms with Gasteiger partial charge in [0.25, 0.3) is 0 Å². The molecular weight excluding hydrogens is 224 g/mol. The van der Waals surface area contributed by atoms with Gasteiger partial charge in [-0.1, -0.05) is 0 Å². The molecule has 0 bridgehead atoms. The smallest absolute Gasteiger partial charge is 0.148 e. The van der Waals surface area contributed by atoms with E-state index >= 15 is 0 Å². The Morgan fingerprint density at radius 2 is 2.17 bits per heavy atom. The minimum atomic E-state index is 0.568. The van der Waals surface area contributed by atoms with Crippen molar-refractivity contribution in [3.05, 3.63) is 35.4 Å². The number of fused-ring (bicyclic) bond motifs is 1. The van der Waals surface area contributed by atoms with Crippen molar-refractivity contribution in [1.82, 2.24) is 14.8 Å². The van der Waals surface area contributed by atoms with E-state index in [9.17, 15) is 0 Å². The molecule has 0 aliphatic carbocycles. The highest BCUT2D eigenvalue weighted by Gasteiger charge is 2.15. The van der Waals surface area contributed by atoms with E-state index in [1.807, 2.05) is 18.5 Å². The molecule has 2 heterocycles. The first-order chi connectivity index (χ1) is 8.63. The zero-order valence-electron chi connectivity index (χ0n) is 11.1. The number of nitrogens with zero attached hydrogens (tertiary/aromatic N) is 3. The highest BCUT2D eigenvalue weighted by Crippen LogP contribution is 2.27. The Balaban J connectivity index is 2.02. The second kappa shape index (κ2) is 4.12. The number of hydrogen-bond acceptors (Lipinski definition) is 3. The molecule has 0 amide bonds. The molecule has 0 saturated carbocycles. The van der Waals surface area contributed by atoms with E-state index < -0.39 is 0 Å². The predicted octanol–water partition coefficient (Wildman–Crippen LogP) is 2.63. The quantitative estimate of drug-likeness (QED) is 0.836. The first-order valence-corrected chi connectivity index (χ1v) is 6.43. The van der Waals surface area contributed by atoms with Crippen LogP contribution in [0.25, 0.3) is 5.69 Å². The number of nitrogens with one attached hydrogen (secondary N) is 1. The van der Waals surface area contributed by atoms with Crippen LogP contribution < -0.4 is 5.32 Å². The van der Waals surface area contributed by atoms with Crippen LogP contribution in [-0.2, 0) is 6.42 Å². The average Bonchev–Trinajstić information content (AvgIpc) is 2.68. The van der Waals surface area contributed by atoms with Crippen molar-refractivity contribution in [2.45, 2.75) is 39.7 Å². The van der Waals surface area contributed by atoms with Gasteiger partial charge in [0.05, 0.1) is 5.69 Å². The maximum Gasteiger partial charge on any atom is 0.148 e. The third-order valence-corrected chi connectivity index (χ3v) is 3.46. The molecule has 18 heavy (non-hydrogen) atoms. The van der Waals surface area contributed by atoms with Gasteiger partial charge in [-0.3, -0.25) is 0 Å². The lowest BCUT2D eigenvalue weighted by Crippen LogP contribution is -2.22. The van der Waals surface area contributed by atoms with Crippen molar-refractivity contribution in [3.8, 4) is 5.69 Å². The number of rotatable bonds is 1. The van der Waals surface area contributed by atoms with Gasteiger partial charge >= 0.3 is 0 Å². The van der Waals surface area contributed by atoms with Crippen molar-refractivity contribution in [2.24, 2.45) is 0 Å². The van der Waals surface area contributed by atoms with Crippen LogP contribution in [-0.4, -0.2) is 20.8 Å². The van der Waals surface area contributed by atoms with Crippen LogP contribution in [0.1, 0.15) is 30.6 Å². The van der Waals surface area contributed by atoms with Gasteiger partial charge in [-0.15, -0.1) is 0 Å². The molecule has 1 atom stereocenters. The molecule has 4 heteroatoms. The van der Waals surface area contributed by atoms with Crippen molar-refractivity contribution in [2.75, 3.05) is 5.32 Å². The number of aryl methyl sites for hydroxylation is 3. The maximum atomic E-state index is 4.43. The molecule has 0 spiro atoms. The molecule has 1 aliphatic rings. The second-order valence-corrected chi connectivity index (χ2v) is 5.04. The van der Waals surface area contributed by atoms with Gasteiger partial charge in [0.2, 0.25) is 0 Å². The Labute approximate surface area is 107 Å². The predicted molar refractivity (Wildman–Crippen MR) is 72.2 cm³/mol. The summed E-state index contributed by atoms with van der Waals surface area (Å²) in [5.41, 5.74) is 3.73. The van der Waals surface area contributed by atoms with Gasteiger partial charge in [-0.2, -0.15) is 5.10 Å². The highest BCUT2D eigenvalue weighted by atomic mass is 15.3. The Hall–Kier alpha value is -1.84. The summed E-state index contributed by atoms with van der Waals surface area (Å²) < 4.78 is 1.91. The SMILES string of the molecule is Cc1nc(C)n(-c2ccc3c(c2)CCC(C)N3)n1. The summed E-state index contributed by atoms with van der Waals surface area (Å²) in [5.74, 6) is 1.75. The summed E-state index contributed by atoms with van der Waals surface area (Å²) in [6.07, 6.45) is 2.32. The molecule has 1 aromatic carbocycles. The van der Waals surface area contributed by atoms with Gasteiger partial charge < -0.3 is 5.32 Å². The first kappa shape index (κ1) is 11.3. The molecule has 0 saturated heterocycles. The molecule has 2 aromatic rings. The van der Waals surface area contributed by atoms with Crippen LogP contribution in [0.2, 0.25) is 0 Å². The van der Waals surface area contributed by atoms with Crippen LogP contribution in [0, 0.1) is 13.8 Å². The molecule has 4 nitrogen and oxygen atoms in total. The van der Waals surface area contributed by atoms with E-state index in [4.69, 9.17) is 0 Å². The van der Waals surface area contributed by atoms with E-state index in [-0.39, 0.29) is 0 Å². The molecule has 1 aliphatic heterocycles. The summed E-state index contributed by atoms with van der Waals surface area (Å²) in [6.45, 7) is 6.13. The lowest BCUT2D eigenvalue weighted by atomic mass is 9.98. The zero-order chi connectivity index (χ0) is 12.7. The van der Waals surface area contributed by atoms with Crippen molar-refractivity contribution >= 4 is 5.69 Å². The lowest BCUT2D eigenvalue weighted by Gasteiger charge is -2.24. The molecule has 1 unspecified atom stereocenters. The molecule has 3 rings (SSSR count). The lowest BCUT2D eigenvalue weighted by molar-refractivity contribution is 0.679. The Bertz CT molecular complexity index is 585. The van der Waals surface area contributed by atoms with Crippen molar-refractivity contribution < 1.29 is 0 Å². The van der Waals surface area contributed by atoms with Gasteiger partial charge in [0.15, 0.2) is 0 Å². The van der Waals surface area contributed by atoms with Gasteiger partial charge in [0.1, 0.15) is 11.6 Å². The fraction of sp³-hybridized carbons (Fsp3) is 0.429. The molecule has 0 fully saturated rings. The minimum absolute atomic E-state index is 0.568. The Kier molecular flexibility index (Phi) is 2.58.